The Morgan fingerprint density at radius 2 is 2.12 bits per heavy atom. The lowest BCUT2D eigenvalue weighted by Crippen LogP contribution is -2.29. The smallest absolute Gasteiger partial charge is 0.163 e. The first-order valence-corrected chi connectivity index (χ1v) is 6.29. The van der Waals surface area contributed by atoms with Crippen LogP contribution in [0.5, 0.6) is 11.5 Å². The quantitative estimate of drug-likeness (QED) is 0.834. The van der Waals surface area contributed by atoms with E-state index in [9.17, 15) is 0 Å². The molecule has 17 heavy (non-hydrogen) atoms. The molecule has 2 N–H and O–H groups in total. The second-order valence-electron chi connectivity index (χ2n) is 4.53. The van der Waals surface area contributed by atoms with Gasteiger partial charge in [-0.1, -0.05) is 0 Å². The van der Waals surface area contributed by atoms with Crippen LogP contribution in [0, 0.1) is 0 Å². The van der Waals surface area contributed by atoms with Gasteiger partial charge in [-0.05, 0) is 31.5 Å². The summed E-state index contributed by atoms with van der Waals surface area (Å²) in [6, 6.07) is 6.63. The van der Waals surface area contributed by atoms with Gasteiger partial charge in [-0.15, -0.1) is 0 Å². The van der Waals surface area contributed by atoms with Crippen LogP contribution in [0.4, 0.5) is 5.69 Å². The Hall–Kier alpha value is -1.42. The maximum absolute atomic E-state index is 5.56. The number of fused-ring (bicyclic) bond motifs is 1. The van der Waals surface area contributed by atoms with Gasteiger partial charge in [-0.2, -0.15) is 0 Å². The first kappa shape index (κ1) is 10.7. The van der Waals surface area contributed by atoms with Crippen molar-refractivity contribution in [3.05, 3.63) is 18.2 Å². The van der Waals surface area contributed by atoms with Gasteiger partial charge in [0.15, 0.2) is 11.5 Å². The molecule has 1 saturated heterocycles. The zero-order valence-electron chi connectivity index (χ0n) is 9.87. The van der Waals surface area contributed by atoms with Gasteiger partial charge in [0.05, 0.1) is 0 Å². The molecular weight excluding hydrogens is 216 g/mol. The van der Waals surface area contributed by atoms with Crippen LogP contribution in [-0.2, 0) is 0 Å². The molecule has 2 aliphatic rings. The fourth-order valence-corrected chi connectivity index (χ4v) is 2.33. The molecule has 1 fully saturated rings. The molecule has 0 radical (unpaired) electrons. The fourth-order valence-electron chi connectivity index (χ4n) is 2.33. The number of nitrogens with one attached hydrogen (secondary N) is 2. The molecule has 92 valence electrons. The van der Waals surface area contributed by atoms with Crippen molar-refractivity contribution < 1.29 is 9.47 Å². The molecular formula is C13H18N2O2. The summed E-state index contributed by atoms with van der Waals surface area (Å²) in [5, 5.41) is 6.91. The minimum Gasteiger partial charge on any atom is -0.486 e. The third-order valence-electron chi connectivity index (χ3n) is 3.26. The van der Waals surface area contributed by atoms with Crippen molar-refractivity contribution >= 4 is 5.69 Å². The minimum absolute atomic E-state index is 0.600. The van der Waals surface area contributed by atoms with Gasteiger partial charge in [-0.3, -0.25) is 0 Å². The summed E-state index contributed by atoms with van der Waals surface area (Å²) in [6.45, 7) is 3.40. The predicted molar refractivity (Wildman–Crippen MR) is 66.9 cm³/mol. The van der Waals surface area contributed by atoms with E-state index < -0.39 is 0 Å². The zero-order valence-corrected chi connectivity index (χ0v) is 9.87. The van der Waals surface area contributed by atoms with Crippen molar-refractivity contribution in [2.75, 3.05) is 31.6 Å². The Kier molecular flexibility index (Phi) is 3.05. The van der Waals surface area contributed by atoms with Crippen LogP contribution >= 0.6 is 0 Å². The molecule has 0 aromatic heterocycles. The van der Waals surface area contributed by atoms with Gasteiger partial charge in [0.25, 0.3) is 0 Å². The lowest BCUT2D eigenvalue weighted by atomic mass is 10.2. The van der Waals surface area contributed by atoms with E-state index in [1.165, 1.54) is 12.8 Å². The Morgan fingerprint density at radius 1 is 1.24 bits per heavy atom. The highest BCUT2D eigenvalue weighted by molar-refractivity contribution is 5.55. The summed E-state index contributed by atoms with van der Waals surface area (Å²) >= 11 is 0. The van der Waals surface area contributed by atoms with Crippen LogP contribution in [0.15, 0.2) is 18.2 Å². The number of rotatable bonds is 3. The summed E-state index contributed by atoms with van der Waals surface area (Å²) in [5.74, 6) is 1.70. The van der Waals surface area contributed by atoms with Gasteiger partial charge >= 0.3 is 0 Å². The van der Waals surface area contributed by atoms with E-state index in [0.717, 1.165) is 30.3 Å². The Balaban J connectivity index is 1.62. The van der Waals surface area contributed by atoms with E-state index in [-0.39, 0.29) is 0 Å². The van der Waals surface area contributed by atoms with Crippen LogP contribution in [-0.4, -0.2) is 32.3 Å². The summed E-state index contributed by atoms with van der Waals surface area (Å²) in [4.78, 5) is 0. The molecule has 0 bridgehead atoms. The fraction of sp³-hybridized carbons (Fsp3) is 0.538. The lowest BCUT2D eigenvalue weighted by Gasteiger charge is -2.19. The first-order valence-electron chi connectivity index (χ1n) is 6.29. The minimum atomic E-state index is 0.600. The van der Waals surface area contributed by atoms with Crippen LogP contribution in [0.25, 0.3) is 0 Å². The molecule has 1 atom stereocenters. The van der Waals surface area contributed by atoms with Crippen LogP contribution in [0.3, 0.4) is 0 Å². The summed E-state index contributed by atoms with van der Waals surface area (Å²) in [7, 11) is 0. The molecule has 1 aromatic carbocycles. The molecule has 1 aromatic rings. The van der Waals surface area contributed by atoms with E-state index in [4.69, 9.17) is 9.47 Å². The van der Waals surface area contributed by atoms with Crippen molar-refractivity contribution in [2.24, 2.45) is 0 Å². The van der Waals surface area contributed by atoms with Crippen LogP contribution < -0.4 is 20.1 Å². The van der Waals surface area contributed by atoms with Crippen molar-refractivity contribution in [3.8, 4) is 11.5 Å². The van der Waals surface area contributed by atoms with Crippen LogP contribution in [0.1, 0.15) is 12.8 Å². The van der Waals surface area contributed by atoms with Gasteiger partial charge < -0.3 is 20.1 Å². The third kappa shape index (κ3) is 2.47. The SMILES string of the molecule is c1cc2c(cc1NCC1CCCN1)OCCO2. The number of benzene rings is 1. The topological polar surface area (TPSA) is 42.5 Å². The largest absolute Gasteiger partial charge is 0.486 e. The maximum Gasteiger partial charge on any atom is 0.163 e. The van der Waals surface area contributed by atoms with E-state index in [0.29, 0.717) is 19.3 Å². The van der Waals surface area contributed by atoms with E-state index in [1.807, 2.05) is 18.2 Å². The van der Waals surface area contributed by atoms with Gasteiger partial charge in [0.2, 0.25) is 0 Å². The average molecular weight is 234 g/mol. The molecule has 0 saturated carbocycles. The Morgan fingerprint density at radius 3 is 2.94 bits per heavy atom. The van der Waals surface area contributed by atoms with Crippen molar-refractivity contribution in [3.63, 3.8) is 0 Å². The molecule has 2 heterocycles. The zero-order chi connectivity index (χ0) is 11.5. The maximum atomic E-state index is 5.56. The molecule has 0 spiro atoms. The second-order valence-corrected chi connectivity index (χ2v) is 4.53. The highest BCUT2D eigenvalue weighted by atomic mass is 16.6. The molecule has 1 unspecified atom stereocenters. The standard InChI is InChI=1S/C13H18N2O2/c1-2-11(14-5-1)9-15-10-3-4-12-13(8-10)17-7-6-16-12/h3-4,8,11,14-15H,1-2,5-7,9H2. The normalized spacial score (nSPS) is 22.5. The highest BCUT2D eigenvalue weighted by Gasteiger charge is 2.15. The first-order chi connectivity index (χ1) is 8.42. The molecule has 3 rings (SSSR count). The van der Waals surface area contributed by atoms with Crippen molar-refractivity contribution in [1.82, 2.24) is 5.32 Å². The average Bonchev–Trinajstić information content (AvgIpc) is 2.89. The van der Waals surface area contributed by atoms with Gasteiger partial charge in [0.1, 0.15) is 13.2 Å². The van der Waals surface area contributed by atoms with Crippen molar-refractivity contribution in [1.29, 1.82) is 0 Å². The van der Waals surface area contributed by atoms with Gasteiger partial charge in [0, 0.05) is 24.3 Å². The Labute approximate surface area is 101 Å². The number of hydrogen-bond donors (Lipinski definition) is 2. The molecule has 2 aliphatic heterocycles. The summed E-state index contributed by atoms with van der Waals surface area (Å²) in [6.07, 6.45) is 2.55. The third-order valence-corrected chi connectivity index (χ3v) is 3.26. The number of ether oxygens (including phenoxy) is 2. The Bertz CT molecular complexity index is 389. The lowest BCUT2D eigenvalue weighted by molar-refractivity contribution is 0.171. The van der Waals surface area contributed by atoms with Crippen LogP contribution in [0.2, 0.25) is 0 Å². The number of anilines is 1. The summed E-state index contributed by atoms with van der Waals surface area (Å²) < 4.78 is 11.0. The van der Waals surface area contributed by atoms with E-state index >= 15 is 0 Å². The monoisotopic (exact) mass is 234 g/mol. The summed E-state index contributed by atoms with van der Waals surface area (Å²) in [5.41, 5.74) is 1.10. The van der Waals surface area contributed by atoms with Crippen molar-refractivity contribution in [2.45, 2.75) is 18.9 Å². The van der Waals surface area contributed by atoms with E-state index in [1.54, 1.807) is 0 Å². The highest BCUT2D eigenvalue weighted by Crippen LogP contribution is 2.32. The molecule has 4 heteroatoms. The molecule has 0 aliphatic carbocycles. The number of hydrogen-bond acceptors (Lipinski definition) is 4. The second kappa shape index (κ2) is 4.84. The molecule has 4 nitrogen and oxygen atoms in total. The van der Waals surface area contributed by atoms with E-state index in [2.05, 4.69) is 10.6 Å². The van der Waals surface area contributed by atoms with Gasteiger partial charge in [-0.25, -0.2) is 0 Å². The predicted octanol–water partition coefficient (Wildman–Crippen LogP) is 1.62. The molecule has 0 amide bonds.